The molecule has 1 heterocycles. The average Bonchev–Trinajstić information content (AvgIpc) is 2.69. The summed E-state index contributed by atoms with van der Waals surface area (Å²) in [5.74, 6) is 0. The molecule has 0 fully saturated rings. The number of para-hydroxylation sites is 1. The number of aromatic amines is 1. The predicted molar refractivity (Wildman–Crippen MR) is 63.8 cm³/mol. The minimum absolute atomic E-state index is 0.0136. The molecule has 2 aromatic rings. The first-order chi connectivity index (χ1) is 7.83. The molecule has 4 nitrogen and oxygen atoms in total. The van der Waals surface area contributed by atoms with Gasteiger partial charge in [0.1, 0.15) is 0 Å². The number of nitrogens with zero attached hydrogens (tertiary/aromatic N) is 1. The Morgan fingerprint density at radius 2 is 2.00 bits per heavy atom. The lowest BCUT2D eigenvalue weighted by molar-refractivity contribution is 0.816. The Bertz CT molecular complexity index is 498. The number of hydrogen-bond donors (Lipinski definition) is 2. The van der Waals surface area contributed by atoms with E-state index in [9.17, 15) is 4.79 Å². The van der Waals surface area contributed by atoms with Gasteiger partial charge in [0.15, 0.2) is 0 Å². The molecule has 84 valence electrons. The maximum atomic E-state index is 12.0. The SMILES string of the molecule is NCCCc1c[nH]n(-c2ccccc2)c1=O. The standard InChI is InChI=1S/C12H15N3O/c13-8-4-5-10-9-14-15(12(10)16)11-6-2-1-3-7-11/h1-3,6-7,9,14H,4-5,8,13H2. The fourth-order valence-electron chi connectivity index (χ4n) is 1.65. The fourth-order valence-corrected chi connectivity index (χ4v) is 1.65. The van der Waals surface area contributed by atoms with Crippen molar-refractivity contribution in [3.8, 4) is 5.69 Å². The van der Waals surface area contributed by atoms with Crippen LogP contribution in [0.5, 0.6) is 0 Å². The van der Waals surface area contributed by atoms with Gasteiger partial charge in [0, 0.05) is 11.8 Å². The molecule has 0 aliphatic carbocycles. The molecule has 0 radical (unpaired) electrons. The van der Waals surface area contributed by atoms with Crippen molar-refractivity contribution in [3.05, 3.63) is 52.4 Å². The molecule has 0 bridgehead atoms. The predicted octanol–water partition coefficient (Wildman–Crippen LogP) is 1.06. The number of nitrogens with one attached hydrogen (secondary N) is 1. The zero-order valence-corrected chi connectivity index (χ0v) is 9.02. The third-order valence-electron chi connectivity index (χ3n) is 2.51. The second kappa shape index (κ2) is 4.81. The number of aryl methyl sites for hydroxylation is 1. The minimum atomic E-state index is 0.0136. The Labute approximate surface area is 93.7 Å². The number of H-pyrrole nitrogens is 1. The summed E-state index contributed by atoms with van der Waals surface area (Å²) < 4.78 is 1.55. The first kappa shape index (κ1) is 10.7. The van der Waals surface area contributed by atoms with Crippen LogP contribution in [-0.4, -0.2) is 16.3 Å². The topological polar surface area (TPSA) is 63.8 Å². The van der Waals surface area contributed by atoms with Crippen molar-refractivity contribution in [2.24, 2.45) is 5.73 Å². The molecular formula is C12H15N3O. The van der Waals surface area contributed by atoms with Crippen LogP contribution in [0.2, 0.25) is 0 Å². The highest BCUT2D eigenvalue weighted by molar-refractivity contribution is 5.30. The van der Waals surface area contributed by atoms with Crippen molar-refractivity contribution < 1.29 is 0 Å². The van der Waals surface area contributed by atoms with Crippen LogP contribution in [0.4, 0.5) is 0 Å². The molecule has 1 aromatic carbocycles. The monoisotopic (exact) mass is 217 g/mol. The highest BCUT2D eigenvalue weighted by atomic mass is 16.1. The average molecular weight is 217 g/mol. The van der Waals surface area contributed by atoms with Crippen LogP contribution in [0.15, 0.2) is 41.3 Å². The zero-order valence-electron chi connectivity index (χ0n) is 9.02. The summed E-state index contributed by atoms with van der Waals surface area (Å²) >= 11 is 0. The fraction of sp³-hybridized carbons (Fsp3) is 0.250. The molecule has 0 unspecified atom stereocenters. The summed E-state index contributed by atoms with van der Waals surface area (Å²) in [7, 11) is 0. The Morgan fingerprint density at radius 3 is 2.69 bits per heavy atom. The van der Waals surface area contributed by atoms with E-state index in [4.69, 9.17) is 5.73 Å². The second-order valence-electron chi connectivity index (χ2n) is 3.67. The lowest BCUT2D eigenvalue weighted by Gasteiger charge is -1.99. The molecule has 2 rings (SSSR count). The van der Waals surface area contributed by atoms with E-state index in [1.54, 1.807) is 10.9 Å². The molecule has 0 saturated heterocycles. The van der Waals surface area contributed by atoms with E-state index in [0.29, 0.717) is 6.54 Å². The number of rotatable bonds is 4. The number of nitrogens with two attached hydrogens (primary N) is 1. The van der Waals surface area contributed by atoms with Gasteiger partial charge in [0.2, 0.25) is 0 Å². The van der Waals surface area contributed by atoms with Crippen molar-refractivity contribution >= 4 is 0 Å². The molecule has 0 saturated carbocycles. The largest absolute Gasteiger partial charge is 0.330 e. The third kappa shape index (κ3) is 2.06. The van der Waals surface area contributed by atoms with E-state index < -0.39 is 0 Å². The van der Waals surface area contributed by atoms with Gasteiger partial charge in [-0.25, -0.2) is 4.68 Å². The number of hydrogen-bond acceptors (Lipinski definition) is 2. The molecule has 0 amide bonds. The third-order valence-corrected chi connectivity index (χ3v) is 2.51. The van der Waals surface area contributed by atoms with Crippen LogP contribution < -0.4 is 11.3 Å². The molecule has 16 heavy (non-hydrogen) atoms. The summed E-state index contributed by atoms with van der Waals surface area (Å²) in [6, 6.07) is 9.52. The Hall–Kier alpha value is -1.81. The maximum absolute atomic E-state index is 12.0. The van der Waals surface area contributed by atoms with E-state index in [0.717, 1.165) is 24.1 Å². The van der Waals surface area contributed by atoms with Gasteiger partial charge in [0.25, 0.3) is 5.56 Å². The van der Waals surface area contributed by atoms with Gasteiger partial charge in [-0.1, -0.05) is 18.2 Å². The lowest BCUT2D eigenvalue weighted by atomic mass is 10.2. The minimum Gasteiger partial charge on any atom is -0.330 e. The molecule has 0 spiro atoms. The summed E-state index contributed by atoms with van der Waals surface area (Å²) in [4.78, 5) is 12.0. The Balaban J connectivity index is 2.31. The van der Waals surface area contributed by atoms with E-state index >= 15 is 0 Å². The van der Waals surface area contributed by atoms with Crippen LogP contribution in [-0.2, 0) is 6.42 Å². The highest BCUT2D eigenvalue weighted by Crippen LogP contribution is 2.03. The normalized spacial score (nSPS) is 10.6. The van der Waals surface area contributed by atoms with E-state index in [2.05, 4.69) is 5.10 Å². The van der Waals surface area contributed by atoms with Crippen LogP contribution in [0, 0.1) is 0 Å². The van der Waals surface area contributed by atoms with Crippen LogP contribution in [0.1, 0.15) is 12.0 Å². The molecule has 1 aromatic heterocycles. The van der Waals surface area contributed by atoms with Crippen molar-refractivity contribution in [2.75, 3.05) is 6.54 Å². The van der Waals surface area contributed by atoms with Crippen LogP contribution in [0.25, 0.3) is 5.69 Å². The summed E-state index contributed by atoms with van der Waals surface area (Å²) in [6.45, 7) is 0.607. The molecule has 0 aliphatic heterocycles. The van der Waals surface area contributed by atoms with Crippen molar-refractivity contribution in [3.63, 3.8) is 0 Å². The molecular weight excluding hydrogens is 202 g/mol. The highest BCUT2D eigenvalue weighted by Gasteiger charge is 2.06. The molecule has 4 heteroatoms. The van der Waals surface area contributed by atoms with Gasteiger partial charge in [-0.05, 0) is 31.5 Å². The summed E-state index contributed by atoms with van der Waals surface area (Å²) in [5.41, 5.74) is 7.08. The maximum Gasteiger partial charge on any atom is 0.274 e. The lowest BCUT2D eigenvalue weighted by Crippen LogP contribution is -2.17. The summed E-state index contributed by atoms with van der Waals surface area (Å²) in [6.07, 6.45) is 3.32. The van der Waals surface area contributed by atoms with Gasteiger partial charge in [0.05, 0.1) is 5.69 Å². The molecule has 0 atom stereocenters. The summed E-state index contributed by atoms with van der Waals surface area (Å²) in [5, 5.41) is 2.96. The van der Waals surface area contributed by atoms with E-state index in [1.165, 1.54) is 0 Å². The second-order valence-corrected chi connectivity index (χ2v) is 3.67. The first-order valence-electron chi connectivity index (χ1n) is 5.37. The van der Waals surface area contributed by atoms with Gasteiger partial charge in [-0.3, -0.25) is 9.89 Å². The van der Waals surface area contributed by atoms with E-state index in [1.807, 2.05) is 30.3 Å². The number of benzene rings is 1. The quantitative estimate of drug-likeness (QED) is 0.804. The van der Waals surface area contributed by atoms with Gasteiger partial charge in [-0.15, -0.1) is 0 Å². The molecule has 0 aliphatic rings. The van der Waals surface area contributed by atoms with Crippen molar-refractivity contribution in [1.29, 1.82) is 0 Å². The first-order valence-corrected chi connectivity index (χ1v) is 5.37. The van der Waals surface area contributed by atoms with Crippen LogP contribution in [0.3, 0.4) is 0 Å². The van der Waals surface area contributed by atoms with Gasteiger partial charge < -0.3 is 5.73 Å². The number of aromatic nitrogens is 2. The van der Waals surface area contributed by atoms with Crippen LogP contribution >= 0.6 is 0 Å². The van der Waals surface area contributed by atoms with Crippen molar-refractivity contribution in [2.45, 2.75) is 12.8 Å². The van der Waals surface area contributed by atoms with Crippen molar-refractivity contribution in [1.82, 2.24) is 9.78 Å². The zero-order chi connectivity index (χ0) is 11.4. The Morgan fingerprint density at radius 1 is 1.25 bits per heavy atom. The van der Waals surface area contributed by atoms with Gasteiger partial charge >= 0.3 is 0 Å². The smallest absolute Gasteiger partial charge is 0.274 e. The van der Waals surface area contributed by atoms with Gasteiger partial charge in [-0.2, -0.15) is 0 Å². The molecule has 3 N–H and O–H groups in total. The Kier molecular flexibility index (Phi) is 3.22. The van der Waals surface area contributed by atoms with E-state index in [-0.39, 0.29) is 5.56 Å².